The molecule has 1 aliphatic rings. The van der Waals surface area contributed by atoms with Crippen molar-refractivity contribution in [2.75, 3.05) is 6.61 Å². The molecule has 1 aliphatic heterocycles. The molecule has 0 bridgehead atoms. The van der Waals surface area contributed by atoms with E-state index in [-0.39, 0.29) is 6.61 Å². The second-order valence-corrected chi connectivity index (χ2v) is 6.52. The van der Waals surface area contributed by atoms with Crippen LogP contribution in [0.3, 0.4) is 0 Å². The van der Waals surface area contributed by atoms with Gasteiger partial charge in [0.2, 0.25) is 0 Å². The minimum absolute atomic E-state index is 0.354. The first-order chi connectivity index (χ1) is 12.7. The lowest BCUT2D eigenvalue weighted by Crippen LogP contribution is -2.66. The first-order valence-electron chi connectivity index (χ1n) is 8.86. The largest absolute Gasteiger partial charge is 0.394 e. The Labute approximate surface area is 153 Å². The van der Waals surface area contributed by atoms with Crippen LogP contribution in [0.25, 0.3) is 0 Å². The lowest BCUT2D eigenvalue weighted by atomic mass is 9.95. The molecule has 140 valence electrons. The Morgan fingerprint density at radius 3 is 1.85 bits per heavy atom. The van der Waals surface area contributed by atoms with E-state index in [1.165, 1.54) is 0 Å². The fourth-order valence-corrected chi connectivity index (χ4v) is 3.16. The van der Waals surface area contributed by atoms with Crippen LogP contribution >= 0.6 is 0 Å². The highest BCUT2D eigenvalue weighted by molar-refractivity contribution is 5.16. The molecule has 6 nitrogen and oxygen atoms in total. The summed E-state index contributed by atoms with van der Waals surface area (Å²) < 4.78 is 5.81. The van der Waals surface area contributed by atoms with Crippen molar-refractivity contribution >= 4 is 0 Å². The van der Waals surface area contributed by atoms with Gasteiger partial charge in [-0.05, 0) is 11.1 Å². The quantitative estimate of drug-likeness (QED) is 0.491. The molecule has 2 aromatic carbocycles. The molecule has 3 rings (SSSR count). The number of nitrogens with one attached hydrogen (secondary N) is 2. The highest BCUT2D eigenvalue weighted by Crippen LogP contribution is 2.21. The number of rotatable bonds is 7. The molecule has 0 aliphatic carbocycles. The molecule has 1 heterocycles. The van der Waals surface area contributed by atoms with E-state index in [1.807, 2.05) is 60.7 Å². The van der Waals surface area contributed by atoms with Crippen molar-refractivity contribution in [1.29, 1.82) is 0 Å². The zero-order valence-electron chi connectivity index (χ0n) is 14.5. The van der Waals surface area contributed by atoms with Gasteiger partial charge in [0.05, 0.1) is 12.6 Å². The summed E-state index contributed by atoms with van der Waals surface area (Å²) in [6.45, 7) is 0.731. The van der Waals surface area contributed by atoms with Crippen LogP contribution in [0.4, 0.5) is 0 Å². The minimum Gasteiger partial charge on any atom is -0.394 e. The van der Waals surface area contributed by atoms with Crippen molar-refractivity contribution < 1.29 is 20.1 Å². The summed E-state index contributed by atoms with van der Waals surface area (Å²) in [6.07, 6.45) is -3.58. The van der Waals surface area contributed by atoms with Crippen molar-refractivity contribution in [2.24, 2.45) is 0 Å². The number of aliphatic hydroxyl groups excluding tert-OH is 3. The lowest BCUT2D eigenvalue weighted by molar-refractivity contribution is -0.202. The van der Waals surface area contributed by atoms with Gasteiger partial charge >= 0.3 is 0 Å². The van der Waals surface area contributed by atoms with Gasteiger partial charge in [-0.15, -0.1) is 0 Å². The molecule has 0 spiro atoms. The van der Waals surface area contributed by atoms with E-state index in [0.29, 0.717) is 13.1 Å². The predicted octanol–water partition coefficient (Wildman–Crippen LogP) is 0.374. The van der Waals surface area contributed by atoms with Gasteiger partial charge in [0.25, 0.3) is 0 Å². The van der Waals surface area contributed by atoms with Gasteiger partial charge in [-0.25, -0.2) is 0 Å². The first-order valence-corrected chi connectivity index (χ1v) is 8.86. The Balaban J connectivity index is 1.68. The van der Waals surface area contributed by atoms with Crippen LogP contribution in [0.5, 0.6) is 0 Å². The molecule has 1 saturated heterocycles. The molecule has 26 heavy (non-hydrogen) atoms. The van der Waals surface area contributed by atoms with Gasteiger partial charge in [0, 0.05) is 13.1 Å². The molecule has 0 amide bonds. The summed E-state index contributed by atoms with van der Waals surface area (Å²) in [5.74, 6) is 0. The Morgan fingerprint density at radius 2 is 1.31 bits per heavy atom. The molecular weight excluding hydrogens is 332 g/mol. The van der Waals surface area contributed by atoms with Crippen molar-refractivity contribution in [3.63, 3.8) is 0 Å². The standard InChI is InChI=1S/C20H26N2O4/c23-13-16-18(24)19(25)17(21-11-14-7-3-1-4-8-14)20(26-16)22-12-15-9-5-2-6-10-15/h1-10,16-25H,11-13H2/t16-,17-,18-,19-,20-/m1/s1. The molecule has 0 unspecified atom stereocenters. The van der Waals surface area contributed by atoms with Gasteiger partial charge < -0.3 is 25.4 Å². The van der Waals surface area contributed by atoms with Crippen LogP contribution in [0, 0.1) is 0 Å². The lowest BCUT2D eigenvalue weighted by Gasteiger charge is -2.43. The zero-order chi connectivity index (χ0) is 18.4. The van der Waals surface area contributed by atoms with Crippen molar-refractivity contribution in [3.05, 3.63) is 71.8 Å². The number of hydrogen-bond donors (Lipinski definition) is 5. The fraction of sp³-hybridized carbons (Fsp3) is 0.400. The summed E-state index contributed by atoms with van der Waals surface area (Å²) in [5.41, 5.74) is 2.15. The van der Waals surface area contributed by atoms with Crippen LogP contribution in [0.15, 0.2) is 60.7 Å². The monoisotopic (exact) mass is 358 g/mol. The molecule has 2 aromatic rings. The van der Waals surface area contributed by atoms with E-state index < -0.39 is 30.6 Å². The van der Waals surface area contributed by atoms with Crippen molar-refractivity contribution in [1.82, 2.24) is 10.6 Å². The average Bonchev–Trinajstić information content (AvgIpc) is 2.69. The number of benzene rings is 2. The van der Waals surface area contributed by atoms with Crippen LogP contribution < -0.4 is 10.6 Å². The Kier molecular flexibility index (Phi) is 6.73. The van der Waals surface area contributed by atoms with E-state index in [9.17, 15) is 15.3 Å². The summed E-state index contributed by atoms with van der Waals surface area (Å²) in [7, 11) is 0. The van der Waals surface area contributed by atoms with Crippen molar-refractivity contribution in [2.45, 2.75) is 43.7 Å². The second-order valence-electron chi connectivity index (χ2n) is 6.52. The van der Waals surface area contributed by atoms with E-state index in [1.54, 1.807) is 0 Å². The zero-order valence-corrected chi connectivity index (χ0v) is 14.5. The molecule has 0 radical (unpaired) electrons. The maximum absolute atomic E-state index is 10.5. The van der Waals surface area contributed by atoms with Crippen molar-refractivity contribution in [3.8, 4) is 0 Å². The van der Waals surface area contributed by atoms with Crippen LogP contribution in [-0.4, -0.2) is 52.5 Å². The van der Waals surface area contributed by atoms with Gasteiger partial charge in [0.15, 0.2) is 0 Å². The number of hydrogen-bond acceptors (Lipinski definition) is 6. The summed E-state index contributed by atoms with van der Waals surface area (Å²) >= 11 is 0. The number of ether oxygens (including phenoxy) is 1. The summed E-state index contributed by atoms with van der Waals surface area (Å²) in [4.78, 5) is 0. The Morgan fingerprint density at radius 1 is 0.769 bits per heavy atom. The predicted molar refractivity (Wildman–Crippen MR) is 98.1 cm³/mol. The minimum atomic E-state index is -1.15. The highest BCUT2D eigenvalue weighted by atomic mass is 16.5. The molecule has 0 aromatic heterocycles. The molecule has 1 fully saturated rings. The fourth-order valence-electron chi connectivity index (χ4n) is 3.16. The third-order valence-electron chi connectivity index (χ3n) is 4.66. The average molecular weight is 358 g/mol. The summed E-state index contributed by atoms with van der Waals surface area (Å²) in [6, 6.07) is 19.2. The summed E-state index contributed by atoms with van der Waals surface area (Å²) in [5, 5.41) is 36.7. The van der Waals surface area contributed by atoms with E-state index in [4.69, 9.17) is 4.74 Å². The maximum Gasteiger partial charge on any atom is 0.127 e. The topological polar surface area (TPSA) is 94.0 Å². The highest BCUT2D eigenvalue weighted by Gasteiger charge is 2.43. The van der Waals surface area contributed by atoms with Gasteiger partial charge in [0.1, 0.15) is 24.5 Å². The number of aliphatic hydroxyl groups is 3. The van der Waals surface area contributed by atoms with E-state index in [2.05, 4.69) is 10.6 Å². The molecule has 6 heteroatoms. The van der Waals surface area contributed by atoms with Crippen LogP contribution in [-0.2, 0) is 17.8 Å². The third kappa shape index (κ3) is 4.67. The molecule has 5 N–H and O–H groups in total. The third-order valence-corrected chi connectivity index (χ3v) is 4.66. The van der Waals surface area contributed by atoms with E-state index >= 15 is 0 Å². The van der Waals surface area contributed by atoms with Crippen LogP contribution in [0.1, 0.15) is 11.1 Å². The SMILES string of the molecule is OC[C@H]1O[C@@H](NCc2ccccc2)[C@H](NCc2ccccc2)[C@@H](O)[C@@H]1O. The Hall–Kier alpha value is -1.80. The Bertz CT molecular complexity index is 655. The van der Waals surface area contributed by atoms with Crippen LogP contribution in [0.2, 0.25) is 0 Å². The first kappa shape index (κ1) is 19.0. The normalized spacial score (nSPS) is 28.8. The van der Waals surface area contributed by atoms with E-state index in [0.717, 1.165) is 11.1 Å². The molecular formula is C20H26N2O4. The van der Waals surface area contributed by atoms with Gasteiger partial charge in [-0.1, -0.05) is 60.7 Å². The second kappa shape index (κ2) is 9.23. The smallest absolute Gasteiger partial charge is 0.127 e. The molecule has 0 saturated carbocycles. The molecule has 5 atom stereocenters. The van der Waals surface area contributed by atoms with Gasteiger partial charge in [-0.3, -0.25) is 5.32 Å². The van der Waals surface area contributed by atoms with Gasteiger partial charge in [-0.2, -0.15) is 0 Å². The maximum atomic E-state index is 10.5.